The van der Waals surface area contributed by atoms with E-state index in [-0.39, 0.29) is 17.9 Å². The zero-order valence-corrected chi connectivity index (χ0v) is 15.4. The number of benzene rings is 1. The molecule has 0 aromatic heterocycles. The van der Waals surface area contributed by atoms with Crippen LogP contribution in [0.4, 0.5) is 4.79 Å². The second kappa shape index (κ2) is 10.6. The molecule has 0 bridgehead atoms. The third-order valence-electron chi connectivity index (χ3n) is 3.29. The third kappa shape index (κ3) is 7.57. The van der Waals surface area contributed by atoms with Crippen LogP contribution in [-0.4, -0.2) is 72.0 Å². The summed E-state index contributed by atoms with van der Waals surface area (Å²) in [5, 5.41) is 18.2. The van der Waals surface area contributed by atoms with Crippen molar-refractivity contribution in [2.24, 2.45) is 0 Å². The monoisotopic (exact) mass is 378 g/mol. The molecule has 1 aromatic rings. The van der Waals surface area contributed by atoms with Crippen molar-refractivity contribution in [2.45, 2.75) is 19.4 Å². The number of ether oxygens (including phenoxy) is 1. The van der Waals surface area contributed by atoms with Crippen LogP contribution in [0.2, 0.25) is 10.0 Å². The SMILES string of the molecule is CCCN1CCOC1=O.CN1CC(O)C1.Oc1ccc(Cl)c(Cl)c1. The molecule has 6 nitrogen and oxygen atoms in total. The summed E-state index contributed by atoms with van der Waals surface area (Å²) in [5.41, 5.74) is 0. The van der Waals surface area contributed by atoms with E-state index in [0.717, 1.165) is 32.6 Å². The topological polar surface area (TPSA) is 73.2 Å². The van der Waals surface area contributed by atoms with E-state index in [1.165, 1.54) is 12.1 Å². The van der Waals surface area contributed by atoms with E-state index in [2.05, 4.69) is 4.90 Å². The minimum atomic E-state index is -0.156. The summed E-state index contributed by atoms with van der Waals surface area (Å²) >= 11 is 11.1. The van der Waals surface area contributed by atoms with Crippen molar-refractivity contribution >= 4 is 29.3 Å². The molecule has 2 aliphatic rings. The minimum Gasteiger partial charge on any atom is -0.508 e. The van der Waals surface area contributed by atoms with Gasteiger partial charge in [0.1, 0.15) is 12.4 Å². The van der Waals surface area contributed by atoms with Gasteiger partial charge in [-0.1, -0.05) is 30.1 Å². The molecule has 24 heavy (non-hydrogen) atoms. The first-order valence-corrected chi connectivity index (χ1v) is 8.51. The number of phenols is 1. The number of cyclic esters (lactones) is 1. The van der Waals surface area contributed by atoms with Gasteiger partial charge in [0, 0.05) is 19.6 Å². The van der Waals surface area contributed by atoms with Crippen molar-refractivity contribution in [1.82, 2.24) is 9.80 Å². The summed E-state index contributed by atoms with van der Waals surface area (Å²) in [7, 11) is 1.99. The molecule has 0 aliphatic carbocycles. The van der Waals surface area contributed by atoms with Crippen molar-refractivity contribution in [3.8, 4) is 5.75 Å². The van der Waals surface area contributed by atoms with Gasteiger partial charge in [-0.05, 0) is 31.7 Å². The molecule has 1 amide bonds. The number of phenolic OH excluding ortho intramolecular Hbond substituents is 1. The molecule has 1 aromatic carbocycles. The largest absolute Gasteiger partial charge is 0.508 e. The van der Waals surface area contributed by atoms with Gasteiger partial charge >= 0.3 is 6.09 Å². The summed E-state index contributed by atoms with van der Waals surface area (Å²) in [4.78, 5) is 14.5. The number of halogens is 2. The second-order valence-electron chi connectivity index (χ2n) is 5.57. The van der Waals surface area contributed by atoms with E-state index in [9.17, 15) is 4.79 Å². The highest BCUT2D eigenvalue weighted by Gasteiger charge is 2.20. The van der Waals surface area contributed by atoms with Crippen LogP contribution >= 0.6 is 23.2 Å². The molecule has 0 atom stereocenters. The van der Waals surface area contributed by atoms with Crippen molar-refractivity contribution in [2.75, 3.05) is 39.8 Å². The highest BCUT2D eigenvalue weighted by molar-refractivity contribution is 6.42. The zero-order valence-electron chi connectivity index (χ0n) is 13.9. The number of aliphatic hydroxyl groups is 1. The molecule has 0 radical (unpaired) electrons. The maximum Gasteiger partial charge on any atom is 0.409 e. The molecular formula is C16H24Cl2N2O4. The molecule has 2 saturated heterocycles. The van der Waals surface area contributed by atoms with Gasteiger partial charge in [0.15, 0.2) is 0 Å². The van der Waals surface area contributed by atoms with Crippen LogP contribution in [0.3, 0.4) is 0 Å². The normalized spacial score (nSPS) is 17.2. The maximum atomic E-state index is 10.7. The summed E-state index contributed by atoms with van der Waals surface area (Å²) in [6.45, 7) is 5.94. The van der Waals surface area contributed by atoms with Gasteiger partial charge in [-0.25, -0.2) is 4.79 Å². The average Bonchev–Trinajstić information content (AvgIpc) is 2.89. The Morgan fingerprint density at radius 3 is 2.29 bits per heavy atom. The number of likely N-dealkylation sites (tertiary alicyclic amines) is 1. The molecule has 8 heteroatoms. The molecule has 3 rings (SSSR count). The lowest BCUT2D eigenvalue weighted by Crippen LogP contribution is -2.47. The first kappa shape index (κ1) is 20.8. The van der Waals surface area contributed by atoms with Gasteiger partial charge in [0.05, 0.1) is 22.7 Å². The van der Waals surface area contributed by atoms with Gasteiger partial charge in [-0.15, -0.1) is 0 Å². The number of hydrogen-bond acceptors (Lipinski definition) is 5. The molecule has 0 saturated carbocycles. The first-order valence-electron chi connectivity index (χ1n) is 7.75. The highest BCUT2D eigenvalue weighted by atomic mass is 35.5. The summed E-state index contributed by atoms with van der Waals surface area (Å²) in [6.07, 6.45) is 0.821. The van der Waals surface area contributed by atoms with E-state index in [1.807, 2.05) is 14.0 Å². The fraction of sp³-hybridized carbons (Fsp3) is 0.562. The zero-order chi connectivity index (χ0) is 18.1. The van der Waals surface area contributed by atoms with Crippen molar-refractivity contribution in [1.29, 1.82) is 0 Å². The Bertz CT molecular complexity index is 519. The van der Waals surface area contributed by atoms with Crippen LogP contribution in [0.25, 0.3) is 0 Å². The second-order valence-corrected chi connectivity index (χ2v) is 6.39. The number of aliphatic hydroxyl groups excluding tert-OH is 1. The maximum absolute atomic E-state index is 10.7. The average molecular weight is 379 g/mol. The minimum absolute atomic E-state index is 0.0324. The van der Waals surface area contributed by atoms with Gasteiger partial charge in [-0.2, -0.15) is 0 Å². The van der Waals surface area contributed by atoms with E-state index >= 15 is 0 Å². The fourth-order valence-electron chi connectivity index (χ4n) is 2.05. The van der Waals surface area contributed by atoms with Crippen molar-refractivity contribution in [3.63, 3.8) is 0 Å². The van der Waals surface area contributed by atoms with Gasteiger partial charge < -0.3 is 24.7 Å². The van der Waals surface area contributed by atoms with Gasteiger partial charge in [-0.3, -0.25) is 0 Å². The van der Waals surface area contributed by atoms with Crippen LogP contribution < -0.4 is 0 Å². The van der Waals surface area contributed by atoms with Crippen LogP contribution in [0.5, 0.6) is 5.75 Å². The lowest BCUT2D eigenvalue weighted by Gasteiger charge is -2.31. The predicted octanol–water partition coefficient (Wildman–Crippen LogP) is 2.84. The fourth-order valence-corrected chi connectivity index (χ4v) is 2.34. The van der Waals surface area contributed by atoms with E-state index in [4.69, 9.17) is 38.2 Å². The molecule has 0 unspecified atom stereocenters. The van der Waals surface area contributed by atoms with Gasteiger partial charge in [0.2, 0.25) is 0 Å². The molecule has 2 heterocycles. The Kier molecular flexibility index (Phi) is 9.21. The summed E-state index contributed by atoms with van der Waals surface area (Å²) < 4.78 is 4.70. The first-order chi connectivity index (χ1) is 11.3. The smallest absolute Gasteiger partial charge is 0.409 e. The van der Waals surface area contributed by atoms with E-state index in [0.29, 0.717) is 16.7 Å². The highest BCUT2D eigenvalue weighted by Crippen LogP contribution is 2.25. The van der Waals surface area contributed by atoms with Crippen LogP contribution in [0.15, 0.2) is 18.2 Å². The molecule has 2 aliphatic heterocycles. The molecule has 136 valence electrons. The number of hydrogen-bond donors (Lipinski definition) is 2. The van der Waals surface area contributed by atoms with Gasteiger partial charge in [0.25, 0.3) is 0 Å². The van der Waals surface area contributed by atoms with Crippen LogP contribution in [0, 0.1) is 0 Å². The lowest BCUT2D eigenvalue weighted by molar-refractivity contribution is 0.0196. The van der Waals surface area contributed by atoms with Crippen LogP contribution in [-0.2, 0) is 4.74 Å². The Balaban J connectivity index is 0.000000184. The molecular weight excluding hydrogens is 355 g/mol. The number of amides is 1. The number of rotatable bonds is 2. The quantitative estimate of drug-likeness (QED) is 0.827. The lowest BCUT2D eigenvalue weighted by atomic mass is 10.2. The number of β-amino-alcohol motifs (C(OH)–C–C–N with tert-alkyl or cyclic N) is 1. The molecule has 2 fully saturated rings. The Hall–Kier alpha value is -1.21. The van der Waals surface area contributed by atoms with E-state index in [1.54, 1.807) is 11.0 Å². The number of nitrogens with zero attached hydrogens (tertiary/aromatic N) is 2. The number of aromatic hydroxyl groups is 1. The number of carbonyl (C=O) groups excluding carboxylic acids is 1. The van der Waals surface area contributed by atoms with E-state index < -0.39 is 0 Å². The standard InChI is InChI=1S/C6H4Cl2O.C6H11NO2.C4H9NO/c7-5-2-1-4(9)3-6(5)8;1-2-3-7-4-5-9-6(7)8;1-5-2-4(6)3-5/h1-3,9H;2-5H2,1H3;4,6H,2-3H2,1H3. The third-order valence-corrected chi connectivity index (χ3v) is 4.03. The number of carbonyl (C=O) groups is 1. The summed E-state index contributed by atoms with van der Waals surface area (Å²) in [6, 6.07) is 4.41. The predicted molar refractivity (Wildman–Crippen MR) is 94.8 cm³/mol. The molecule has 0 spiro atoms. The molecule has 2 N–H and O–H groups in total. The Labute approximate surface area is 152 Å². The Morgan fingerprint density at radius 1 is 1.29 bits per heavy atom. The number of likely N-dealkylation sites (N-methyl/N-ethyl adjacent to an activating group) is 1. The summed E-state index contributed by atoms with van der Waals surface area (Å²) in [5.74, 6) is 0.129. The Morgan fingerprint density at radius 2 is 1.96 bits per heavy atom. The van der Waals surface area contributed by atoms with Crippen molar-refractivity contribution < 1.29 is 19.7 Å². The van der Waals surface area contributed by atoms with Crippen LogP contribution in [0.1, 0.15) is 13.3 Å². The van der Waals surface area contributed by atoms with Crippen molar-refractivity contribution in [3.05, 3.63) is 28.2 Å².